The number of methoxy groups -OCH3 is 1. The van der Waals surface area contributed by atoms with Gasteiger partial charge in [-0.25, -0.2) is 4.98 Å². The number of nitrogens with zero attached hydrogens (tertiary/aromatic N) is 3. The van der Waals surface area contributed by atoms with Crippen molar-refractivity contribution in [1.29, 1.82) is 5.26 Å². The summed E-state index contributed by atoms with van der Waals surface area (Å²) in [6.45, 7) is 0. The van der Waals surface area contributed by atoms with Gasteiger partial charge in [-0.3, -0.25) is 10.1 Å². The van der Waals surface area contributed by atoms with Gasteiger partial charge in [0.25, 0.3) is 0 Å². The number of para-hydroxylation sites is 2. The molecule has 0 saturated heterocycles. The van der Waals surface area contributed by atoms with E-state index in [0.717, 1.165) is 6.07 Å². The number of nitro groups is 1. The number of hydrogen-bond acceptors (Lipinski definition) is 7. The van der Waals surface area contributed by atoms with Crippen molar-refractivity contribution in [2.75, 3.05) is 7.11 Å². The van der Waals surface area contributed by atoms with Gasteiger partial charge < -0.3 is 13.9 Å². The van der Waals surface area contributed by atoms with E-state index in [4.69, 9.17) is 13.9 Å². The molecule has 0 unspecified atom stereocenters. The first-order valence-electron chi connectivity index (χ1n) is 9.99. The van der Waals surface area contributed by atoms with E-state index in [1.165, 1.54) is 19.3 Å². The molecule has 0 fully saturated rings. The number of fused-ring (bicyclic) bond motifs is 1. The van der Waals surface area contributed by atoms with Crippen LogP contribution in [0.2, 0.25) is 0 Å². The Bertz CT molecular complexity index is 1520. The van der Waals surface area contributed by atoms with Crippen LogP contribution in [-0.2, 0) is 6.18 Å². The lowest BCUT2D eigenvalue weighted by Gasteiger charge is -2.14. The van der Waals surface area contributed by atoms with Crippen LogP contribution in [0.4, 0.5) is 18.9 Å². The summed E-state index contributed by atoms with van der Waals surface area (Å²) in [4.78, 5) is 14.8. The van der Waals surface area contributed by atoms with Crippen molar-refractivity contribution in [2.24, 2.45) is 0 Å². The van der Waals surface area contributed by atoms with Crippen LogP contribution in [0.1, 0.15) is 17.0 Å². The first-order chi connectivity index (χ1) is 17.1. The molecule has 0 bridgehead atoms. The highest BCUT2D eigenvalue weighted by Gasteiger charge is 2.33. The van der Waals surface area contributed by atoms with Crippen LogP contribution in [0.15, 0.2) is 59.0 Å². The molecule has 12 heteroatoms. The monoisotopic (exact) mass is 607 g/mol. The third-order valence-electron chi connectivity index (χ3n) is 4.90. The fraction of sp³-hybridized carbons (Fsp3) is 0.0833. The summed E-state index contributed by atoms with van der Waals surface area (Å²) in [6.07, 6.45) is -3.24. The maximum atomic E-state index is 13.0. The standard InChI is InChI=1S/C24H13F3IN3O5/c1-34-21-10-13(8-14(12-29)23-30-17-4-2-3-5-19(17)36-23)9-16(28)22(21)35-20-7-6-15(24(25,26)27)11-18(20)31(32)33/h2-11H,1H3/b14-8+. The summed E-state index contributed by atoms with van der Waals surface area (Å²) >= 11 is 1.89. The van der Waals surface area contributed by atoms with E-state index >= 15 is 0 Å². The summed E-state index contributed by atoms with van der Waals surface area (Å²) in [6, 6.07) is 14.2. The van der Waals surface area contributed by atoms with E-state index in [1.54, 1.807) is 30.3 Å². The summed E-state index contributed by atoms with van der Waals surface area (Å²) < 4.78 is 56.1. The number of halogens is 4. The van der Waals surface area contributed by atoms with Gasteiger partial charge in [-0.15, -0.1) is 0 Å². The van der Waals surface area contributed by atoms with Gasteiger partial charge in [0, 0.05) is 6.07 Å². The first kappa shape index (κ1) is 25.0. The molecule has 1 aromatic heterocycles. The van der Waals surface area contributed by atoms with Crippen LogP contribution in [0, 0.1) is 25.0 Å². The number of ether oxygens (including phenoxy) is 2. The lowest BCUT2D eigenvalue weighted by molar-refractivity contribution is -0.385. The number of nitriles is 1. The minimum absolute atomic E-state index is 0.0541. The molecule has 0 aliphatic heterocycles. The molecule has 0 amide bonds. The highest BCUT2D eigenvalue weighted by Crippen LogP contribution is 2.42. The van der Waals surface area contributed by atoms with E-state index < -0.39 is 28.1 Å². The van der Waals surface area contributed by atoms with Gasteiger partial charge in [-0.05, 0) is 70.6 Å². The number of hydrogen-bond donors (Lipinski definition) is 0. The minimum atomic E-state index is -4.75. The summed E-state index contributed by atoms with van der Waals surface area (Å²) in [5.74, 6) is -0.0826. The Kier molecular flexibility index (Phi) is 6.84. The minimum Gasteiger partial charge on any atom is -0.493 e. The summed E-state index contributed by atoms with van der Waals surface area (Å²) in [5, 5.41) is 21.1. The molecule has 0 aliphatic carbocycles. The molecular weight excluding hydrogens is 594 g/mol. The Balaban J connectivity index is 1.73. The van der Waals surface area contributed by atoms with E-state index in [1.807, 2.05) is 28.7 Å². The van der Waals surface area contributed by atoms with Crippen molar-refractivity contribution in [3.8, 4) is 23.3 Å². The van der Waals surface area contributed by atoms with Crippen LogP contribution in [0.25, 0.3) is 22.7 Å². The zero-order valence-corrected chi connectivity index (χ0v) is 20.3. The van der Waals surface area contributed by atoms with Crippen molar-refractivity contribution in [3.63, 3.8) is 0 Å². The van der Waals surface area contributed by atoms with Gasteiger partial charge in [0.15, 0.2) is 17.1 Å². The third-order valence-corrected chi connectivity index (χ3v) is 5.70. The molecule has 0 atom stereocenters. The first-order valence-corrected chi connectivity index (χ1v) is 11.1. The maximum Gasteiger partial charge on any atom is 0.416 e. The van der Waals surface area contributed by atoms with Crippen molar-refractivity contribution in [1.82, 2.24) is 4.98 Å². The number of oxazole rings is 1. The highest BCUT2D eigenvalue weighted by atomic mass is 127. The average Bonchev–Trinajstić information content (AvgIpc) is 3.27. The highest BCUT2D eigenvalue weighted by molar-refractivity contribution is 14.1. The molecule has 1 heterocycles. The topological polar surface area (TPSA) is 111 Å². The molecule has 182 valence electrons. The number of alkyl halides is 3. The largest absolute Gasteiger partial charge is 0.493 e. The molecule has 0 N–H and O–H groups in total. The Morgan fingerprint density at radius 1 is 1.19 bits per heavy atom. The quantitative estimate of drug-likeness (QED) is 0.0985. The van der Waals surface area contributed by atoms with E-state index in [9.17, 15) is 28.5 Å². The molecule has 0 aliphatic rings. The predicted molar refractivity (Wildman–Crippen MR) is 131 cm³/mol. The van der Waals surface area contributed by atoms with E-state index in [2.05, 4.69) is 4.98 Å². The van der Waals surface area contributed by atoms with Crippen LogP contribution in [0.5, 0.6) is 17.2 Å². The van der Waals surface area contributed by atoms with E-state index in [0.29, 0.717) is 32.4 Å². The molecule has 3 aromatic carbocycles. The van der Waals surface area contributed by atoms with Crippen molar-refractivity contribution in [3.05, 3.63) is 85.3 Å². The second-order valence-corrected chi connectivity index (χ2v) is 8.39. The summed E-state index contributed by atoms with van der Waals surface area (Å²) in [7, 11) is 1.33. The number of aromatic nitrogens is 1. The fourth-order valence-corrected chi connectivity index (χ4v) is 3.99. The lowest BCUT2D eigenvalue weighted by atomic mass is 10.1. The van der Waals surface area contributed by atoms with Gasteiger partial charge in [-0.1, -0.05) is 12.1 Å². The van der Waals surface area contributed by atoms with E-state index in [-0.39, 0.29) is 23.0 Å². The molecule has 8 nitrogen and oxygen atoms in total. The number of nitro benzene ring substituents is 1. The smallest absolute Gasteiger partial charge is 0.416 e. The normalized spacial score (nSPS) is 11.8. The Morgan fingerprint density at radius 2 is 1.94 bits per heavy atom. The van der Waals surface area contributed by atoms with Gasteiger partial charge >= 0.3 is 11.9 Å². The molecule has 0 saturated carbocycles. The zero-order valence-electron chi connectivity index (χ0n) is 18.2. The fourth-order valence-electron chi connectivity index (χ4n) is 3.25. The molecule has 0 radical (unpaired) electrons. The van der Waals surface area contributed by atoms with Crippen molar-refractivity contribution >= 4 is 51.0 Å². The van der Waals surface area contributed by atoms with Crippen LogP contribution >= 0.6 is 22.6 Å². The van der Waals surface area contributed by atoms with Gasteiger partial charge in [0.05, 0.1) is 21.2 Å². The Morgan fingerprint density at radius 3 is 2.58 bits per heavy atom. The maximum absolute atomic E-state index is 13.0. The average molecular weight is 607 g/mol. The summed E-state index contributed by atoms with van der Waals surface area (Å²) in [5.41, 5.74) is -0.285. The number of allylic oxidation sites excluding steroid dienone is 1. The molecule has 4 aromatic rings. The van der Waals surface area contributed by atoms with Gasteiger partial charge in [0.1, 0.15) is 17.2 Å². The SMILES string of the molecule is COc1cc(/C=C(\C#N)c2nc3ccccc3o2)cc(I)c1Oc1ccc(C(F)(F)F)cc1[N+](=O)[O-]. The third kappa shape index (κ3) is 5.10. The van der Waals surface area contributed by atoms with Crippen LogP contribution in [-0.4, -0.2) is 17.0 Å². The Hall–Kier alpha value is -4.12. The van der Waals surface area contributed by atoms with Gasteiger partial charge in [0.2, 0.25) is 11.6 Å². The molecule has 4 rings (SSSR count). The molecule has 36 heavy (non-hydrogen) atoms. The van der Waals surface area contributed by atoms with Crippen LogP contribution < -0.4 is 9.47 Å². The van der Waals surface area contributed by atoms with Crippen molar-refractivity contribution in [2.45, 2.75) is 6.18 Å². The van der Waals surface area contributed by atoms with Gasteiger partial charge in [-0.2, -0.15) is 18.4 Å². The second kappa shape index (κ2) is 9.86. The number of rotatable bonds is 6. The molecule has 0 spiro atoms. The van der Waals surface area contributed by atoms with Crippen LogP contribution in [0.3, 0.4) is 0 Å². The Labute approximate surface area is 214 Å². The lowest BCUT2D eigenvalue weighted by Crippen LogP contribution is -2.06. The second-order valence-electron chi connectivity index (χ2n) is 7.23. The predicted octanol–water partition coefficient (Wildman–Crippen LogP) is 7.22. The molecular formula is C24H13F3IN3O5. The zero-order chi connectivity index (χ0) is 26.0. The number of benzene rings is 3. The van der Waals surface area contributed by atoms with Crippen molar-refractivity contribution < 1.29 is 32.0 Å².